The fraction of sp³-hybridized carbons (Fsp3) is 0.471. The van der Waals surface area contributed by atoms with Crippen molar-refractivity contribution in [2.24, 2.45) is 0 Å². The van der Waals surface area contributed by atoms with Gasteiger partial charge < -0.3 is 14.8 Å². The third-order valence-corrected chi connectivity index (χ3v) is 3.51. The molecule has 0 saturated carbocycles. The highest BCUT2D eigenvalue weighted by molar-refractivity contribution is 6.30. The van der Waals surface area contributed by atoms with Gasteiger partial charge in [0.25, 0.3) is 5.91 Å². The zero-order valence-corrected chi connectivity index (χ0v) is 15.5. The number of imide groups is 1. The first-order valence-electron chi connectivity index (χ1n) is 7.86. The minimum atomic E-state index is -1.31. The van der Waals surface area contributed by atoms with Crippen LogP contribution in [0.3, 0.4) is 0 Å². The molecule has 0 aliphatic carbocycles. The highest BCUT2D eigenvalue weighted by Crippen LogP contribution is 2.21. The van der Waals surface area contributed by atoms with E-state index in [4.69, 9.17) is 21.1 Å². The second-order valence-corrected chi connectivity index (χ2v) is 6.41. The van der Waals surface area contributed by atoms with Crippen molar-refractivity contribution < 1.29 is 23.9 Å². The summed E-state index contributed by atoms with van der Waals surface area (Å²) in [7, 11) is 0. The Morgan fingerprint density at radius 3 is 2.36 bits per heavy atom. The molecule has 1 atom stereocenters. The highest BCUT2D eigenvalue weighted by Gasteiger charge is 2.32. The SMILES string of the molecule is CC[C@@H](C)NC(=O)NC(=O)COC(=O)C(C)(C)Oc1ccc(Cl)cc1. The van der Waals surface area contributed by atoms with Crippen LogP contribution in [0.5, 0.6) is 5.75 Å². The minimum absolute atomic E-state index is 0.0675. The topological polar surface area (TPSA) is 93.7 Å². The molecule has 0 aromatic heterocycles. The number of amides is 3. The average molecular weight is 371 g/mol. The van der Waals surface area contributed by atoms with E-state index < -0.39 is 30.1 Å². The van der Waals surface area contributed by atoms with Crippen molar-refractivity contribution in [2.45, 2.75) is 45.8 Å². The van der Waals surface area contributed by atoms with Crippen LogP contribution in [-0.2, 0) is 14.3 Å². The quantitative estimate of drug-likeness (QED) is 0.719. The van der Waals surface area contributed by atoms with Crippen molar-refractivity contribution >= 4 is 29.5 Å². The summed E-state index contributed by atoms with van der Waals surface area (Å²) in [4.78, 5) is 35.3. The second-order valence-electron chi connectivity index (χ2n) is 5.97. The van der Waals surface area contributed by atoms with Gasteiger partial charge in [-0.05, 0) is 51.5 Å². The van der Waals surface area contributed by atoms with Crippen LogP contribution in [0.2, 0.25) is 5.02 Å². The monoisotopic (exact) mass is 370 g/mol. The second kappa shape index (κ2) is 9.27. The molecule has 1 aromatic carbocycles. The van der Waals surface area contributed by atoms with E-state index in [9.17, 15) is 14.4 Å². The molecule has 7 nitrogen and oxygen atoms in total. The van der Waals surface area contributed by atoms with Gasteiger partial charge in [-0.1, -0.05) is 18.5 Å². The number of benzene rings is 1. The summed E-state index contributed by atoms with van der Waals surface area (Å²) in [5, 5.41) is 5.20. The molecule has 0 spiro atoms. The predicted molar refractivity (Wildman–Crippen MR) is 93.5 cm³/mol. The number of hydrogen-bond acceptors (Lipinski definition) is 5. The third-order valence-electron chi connectivity index (χ3n) is 3.26. The van der Waals surface area contributed by atoms with E-state index in [2.05, 4.69) is 10.6 Å². The number of carbonyl (C=O) groups excluding carboxylic acids is 3. The van der Waals surface area contributed by atoms with Crippen LogP contribution in [0.15, 0.2) is 24.3 Å². The van der Waals surface area contributed by atoms with Crippen LogP contribution in [0.1, 0.15) is 34.1 Å². The number of hydrogen-bond donors (Lipinski definition) is 2. The molecule has 0 aliphatic heterocycles. The van der Waals surface area contributed by atoms with Crippen molar-refractivity contribution in [3.8, 4) is 5.75 Å². The molecule has 25 heavy (non-hydrogen) atoms. The molecule has 8 heteroatoms. The van der Waals surface area contributed by atoms with Gasteiger partial charge in [0.15, 0.2) is 12.2 Å². The van der Waals surface area contributed by atoms with Gasteiger partial charge >= 0.3 is 12.0 Å². The first-order chi connectivity index (χ1) is 11.6. The van der Waals surface area contributed by atoms with Crippen molar-refractivity contribution in [2.75, 3.05) is 6.61 Å². The number of carbonyl (C=O) groups is 3. The van der Waals surface area contributed by atoms with Gasteiger partial charge in [-0.15, -0.1) is 0 Å². The molecular weight excluding hydrogens is 348 g/mol. The van der Waals surface area contributed by atoms with Crippen LogP contribution in [-0.4, -0.2) is 36.2 Å². The number of ether oxygens (including phenoxy) is 2. The minimum Gasteiger partial charge on any atom is -0.476 e. The van der Waals surface area contributed by atoms with E-state index in [1.165, 1.54) is 13.8 Å². The summed E-state index contributed by atoms with van der Waals surface area (Å²) in [6.45, 7) is 6.15. The maximum absolute atomic E-state index is 12.1. The molecule has 0 radical (unpaired) electrons. The molecule has 1 rings (SSSR count). The van der Waals surface area contributed by atoms with Crippen molar-refractivity contribution in [1.82, 2.24) is 10.6 Å². The van der Waals surface area contributed by atoms with E-state index in [1.807, 2.05) is 6.92 Å². The Balaban J connectivity index is 2.47. The van der Waals surface area contributed by atoms with E-state index in [-0.39, 0.29) is 6.04 Å². The summed E-state index contributed by atoms with van der Waals surface area (Å²) in [5.41, 5.74) is -1.31. The van der Waals surface area contributed by atoms with Crippen molar-refractivity contribution in [1.29, 1.82) is 0 Å². The lowest BCUT2D eigenvalue weighted by Crippen LogP contribution is -2.46. The van der Waals surface area contributed by atoms with Gasteiger partial charge in [-0.25, -0.2) is 9.59 Å². The van der Waals surface area contributed by atoms with Gasteiger partial charge in [0.05, 0.1) is 0 Å². The van der Waals surface area contributed by atoms with E-state index in [1.54, 1.807) is 31.2 Å². The summed E-state index contributed by atoms with van der Waals surface area (Å²) in [6.07, 6.45) is 0.729. The van der Waals surface area contributed by atoms with Gasteiger partial charge in [0, 0.05) is 11.1 Å². The third kappa shape index (κ3) is 7.43. The van der Waals surface area contributed by atoms with Gasteiger partial charge in [-0.2, -0.15) is 0 Å². The Morgan fingerprint density at radius 1 is 1.20 bits per heavy atom. The largest absolute Gasteiger partial charge is 0.476 e. The van der Waals surface area contributed by atoms with Crippen LogP contribution < -0.4 is 15.4 Å². The predicted octanol–water partition coefficient (Wildman–Crippen LogP) is 2.66. The molecule has 2 N–H and O–H groups in total. The van der Waals surface area contributed by atoms with Crippen molar-refractivity contribution in [3.05, 3.63) is 29.3 Å². The smallest absolute Gasteiger partial charge is 0.350 e. The van der Waals surface area contributed by atoms with Gasteiger partial charge in [0.1, 0.15) is 5.75 Å². The standard InChI is InChI=1S/C17H23ClN2O5/c1-5-11(2)19-16(23)20-14(21)10-24-15(22)17(3,4)25-13-8-6-12(18)7-9-13/h6-9,11H,5,10H2,1-4H3,(H2,19,20,21,23)/t11-/m1/s1. The molecule has 0 aliphatic rings. The molecule has 0 fully saturated rings. The van der Waals surface area contributed by atoms with E-state index >= 15 is 0 Å². The summed E-state index contributed by atoms with van der Waals surface area (Å²) < 4.78 is 10.5. The summed E-state index contributed by atoms with van der Waals surface area (Å²) in [5.74, 6) is -1.03. The fourth-order valence-corrected chi connectivity index (χ4v) is 1.79. The zero-order valence-electron chi connectivity index (χ0n) is 14.7. The van der Waals surface area contributed by atoms with Crippen LogP contribution >= 0.6 is 11.6 Å². The Bertz CT molecular complexity index is 616. The number of esters is 1. The Labute approximate surface area is 152 Å². The van der Waals surface area contributed by atoms with Gasteiger partial charge in [0.2, 0.25) is 0 Å². The number of urea groups is 1. The molecule has 0 heterocycles. The molecule has 0 bridgehead atoms. The first-order valence-corrected chi connectivity index (χ1v) is 8.24. The maximum Gasteiger partial charge on any atom is 0.350 e. The van der Waals surface area contributed by atoms with Crippen LogP contribution in [0.4, 0.5) is 4.79 Å². The van der Waals surface area contributed by atoms with E-state index in [0.29, 0.717) is 10.8 Å². The lowest BCUT2D eigenvalue weighted by atomic mass is 10.1. The maximum atomic E-state index is 12.1. The molecule has 0 unspecified atom stereocenters. The number of halogens is 1. The number of nitrogens with one attached hydrogen (secondary N) is 2. The Kier molecular flexibility index (Phi) is 7.70. The lowest BCUT2D eigenvalue weighted by Gasteiger charge is -2.24. The fourth-order valence-electron chi connectivity index (χ4n) is 1.67. The number of rotatable bonds is 7. The van der Waals surface area contributed by atoms with E-state index in [0.717, 1.165) is 6.42 Å². The summed E-state index contributed by atoms with van der Waals surface area (Å²) >= 11 is 5.79. The lowest BCUT2D eigenvalue weighted by molar-refractivity contribution is -0.161. The molecule has 3 amide bonds. The van der Waals surface area contributed by atoms with Crippen LogP contribution in [0, 0.1) is 0 Å². The first kappa shape index (κ1) is 20.8. The molecule has 0 saturated heterocycles. The molecule has 138 valence electrons. The Hall–Kier alpha value is -2.28. The molecule has 1 aromatic rings. The zero-order chi connectivity index (χ0) is 19.0. The summed E-state index contributed by atoms with van der Waals surface area (Å²) in [6, 6.07) is 5.78. The van der Waals surface area contributed by atoms with Crippen molar-refractivity contribution in [3.63, 3.8) is 0 Å². The van der Waals surface area contributed by atoms with Gasteiger partial charge in [-0.3, -0.25) is 10.1 Å². The normalized spacial score (nSPS) is 12.0. The highest BCUT2D eigenvalue weighted by atomic mass is 35.5. The Morgan fingerprint density at radius 2 is 1.80 bits per heavy atom. The average Bonchev–Trinajstić information content (AvgIpc) is 2.54. The van der Waals surface area contributed by atoms with Crippen LogP contribution in [0.25, 0.3) is 0 Å². The molecular formula is C17H23ClN2O5.